The summed E-state index contributed by atoms with van der Waals surface area (Å²) in [7, 11) is 5.72. The van der Waals surface area contributed by atoms with Crippen LogP contribution >= 0.6 is 0 Å². The largest absolute Gasteiger partial charge is 0.332 e. The zero-order chi connectivity index (χ0) is 12.4. The Kier molecular flexibility index (Phi) is 3.21. The van der Waals surface area contributed by atoms with Crippen molar-refractivity contribution in [3.63, 3.8) is 0 Å². The quantitative estimate of drug-likeness (QED) is 0.806. The lowest BCUT2D eigenvalue weighted by Gasteiger charge is -2.12. The van der Waals surface area contributed by atoms with Gasteiger partial charge in [0.05, 0.1) is 6.04 Å². The fourth-order valence-electron chi connectivity index (χ4n) is 1.49. The molecule has 2 heterocycles. The number of likely N-dealkylation sites (N-methyl/N-ethyl adjacent to an activating group) is 1. The van der Waals surface area contributed by atoms with Crippen molar-refractivity contribution < 1.29 is 4.52 Å². The van der Waals surface area contributed by atoms with Gasteiger partial charge in [0.2, 0.25) is 0 Å². The fourth-order valence-corrected chi connectivity index (χ4v) is 1.49. The first-order valence-electron chi connectivity index (χ1n) is 5.30. The Morgan fingerprint density at radius 2 is 2.29 bits per heavy atom. The summed E-state index contributed by atoms with van der Waals surface area (Å²) in [6.07, 6.45) is 1.82. The maximum atomic E-state index is 5.94. The van der Waals surface area contributed by atoms with E-state index in [9.17, 15) is 0 Å². The Labute approximate surface area is 99.2 Å². The highest BCUT2D eigenvalue weighted by Gasteiger charge is 2.17. The second-order valence-corrected chi connectivity index (χ2v) is 4.20. The summed E-state index contributed by atoms with van der Waals surface area (Å²) in [5.74, 6) is 0.897. The van der Waals surface area contributed by atoms with Crippen LogP contribution in [0, 0.1) is 0 Å². The average Bonchev–Trinajstić information content (AvgIpc) is 2.84. The minimum Gasteiger partial charge on any atom is -0.332 e. The highest BCUT2D eigenvalue weighted by atomic mass is 16.5. The average molecular weight is 236 g/mol. The summed E-state index contributed by atoms with van der Waals surface area (Å²) in [5, 5.41) is 8.05. The van der Waals surface area contributed by atoms with Crippen LogP contribution in [0.3, 0.4) is 0 Å². The number of hydrogen-bond donors (Lipinski definition) is 1. The molecule has 0 aliphatic carbocycles. The molecule has 0 amide bonds. The first-order valence-corrected chi connectivity index (χ1v) is 5.30. The van der Waals surface area contributed by atoms with E-state index in [1.54, 1.807) is 4.68 Å². The van der Waals surface area contributed by atoms with Crippen LogP contribution in [-0.2, 0) is 7.05 Å². The van der Waals surface area contributed by atoms with Crippen molar-refractivity contribution in [3.8, 4) is 11.6 Å². The van der Waals surface area contributed by atoms with E-state index in [0.29, 0.717) is 24.0 Å². The molecule has 0 fully saturated rings. The van der Waals surface area contributed by atoms with Crippen LogP contribution in [0.4, 0.5) is 0 Å². The highest BCUT2D eigenvalue weighted by Crippen LogP contribution is 2.16. The van der Waals surface area contributed by atoms with E-state index in [4.69, 9.17) is 10.3 Å². The summed E-state index contributed by atoms with van der Waals surface area (Å²) in [4.78, 5) is 6.22. The van der Waals surface area contributed by atoms with Crippen LogP contribution < -0.4 is 5.73 Å². The molecule has 2 aromatic rings. The molecule has 2 N–H and O–H groups in total. The molecule has 2 aromatic heterocycles. The monoisotopic (exact) mass is 236 g/mol. The predicted octanol–water partition coefficient (Wildman–Crippen LogP) is 0.0315. The lowest BCUT2D eigenvalue weighted by molar-refractivity contribution is 0.357. The van der Waals surface area contributed by atoms with Crippen LogP contribution in [0.15, 0.2) is 16.8 Å². The van der Waals surface area contributed by atoms with E-state index in [1.165, 1.54) is 0 Å². The van der Waals surface area contributed by atoms with Crippen LogP contribution in [0.1, 0.15) is 11.9 Å². The number of aryl methyl sites for hydroxylation is 1. The number of nitrogens with zero attached hydrogens (tertiary/aromatic N) is 5. The zero-order valence-corrected chi connectivity index (χ0v) is 10.2. The first kappa shape index (κ1) is 11.7. The third kappa shape index (κ3) is 2.69. The maximum Gasteiger partial charge on any atom is 0.278 e. The molecule has 0 aromatic carbocycles. The summed E-state index contributed by atoms with van der Waals surface area (Å²) in [6, 6.07) is 1.56. The molecule has 0 radical (unpaired) electrons. The standard InChI is InChI=1S/C10H16N6O/c1-15(2)6-7(11)9-12-10(17-14-9)8-4-5-16(3)13-8/h4-5,7H,6,11H2,1-3H3. The third-order valence-electron chi connectivity index (χ3n) is 2.27. The molecule has 0 aliphatic rings. The van der Waals surface area contributed by atoms with Gasteiger partial charge in [-0.3, -0.25) is 4.68 Å². The molecule has 0 spiro atoms. The lowest BCUT2D eigenvalue weighted by atomic mass is 10.3. The van der Waals surface area contributed by atoms with Crippen molar-refractivity contribution in [1.29, 1.82) is 0 Å². The number of aromatic nitrogens is 4. The lowest BCUT2D eigenvalue weighted by Crippen LogP contribution is -2.26. The van der Waals surface area contributed by atoms with Crippen LogP contribution in [0.2, 0.25) is 0 Å². The van der Waals surface area contributed by atoms with Crippen molar-refractivity contribution >= 4 is 0 Å². The van der Waals surface area contributed by atoms with E-state index in [0.717, 1.165) is 0 Å². The van der Waals surface area contributed by atoms with Gasteiger partial charge in [0.25, 0.3) is 5.89 Å². The number of rotatable bonds is 4. The number of hydrogen-bond acceptors (Lipinski definition) is 6. The molecule has 0 saturated heterocycles. The molecule has 17 heavy (non-hydrogen) atoms. The Bertz CT molecular complexity index is 488. The Balaban J connectivity index is 2.15. The first-order chi connectivity index (χ1) is 8.06. The Morgan fingerprint density at radius 1 is 1.53 bits per heavy atom. The summed E-state index contributed by atoms with van der Waals surface area (Å²) in [5.41, 5.74) is 6.60. The van der Waals surface area contributed by atoms with Crippen molar-refractivity contribution in [2.75, 3.05) is 20.6 Å². The minimum atomic E-state index is -0.258. The maximum absolute atomic E-state index is 5.94. The van der Waals surface area contributed by atoms with E-state index in [2.05, 4.69) is 15.2 Å². The van der Waals surface area contributed by atoms with Gasteiger partial charge in [0.1, 0.15) is 0 Å². The molecule has 0 aliphatic heterocycles. The van der Waals surface area contributed by atoms with Gasteiger partial charge in [-0.25, -0.2) is 0 Å². The number of nitrogens with two attached hydrogens (primary N) is 1. The van der Waals surface area contributed by atoms with Gasteiger partial charge >= 0.3 is 0 Å². The Morgan fingerprint density at radius 3 is 2.88 bits per heavy atom. The van der Waals surface area contributed by atoms with Crippen LogP contribution in [0.25, 0.3) is 11.6 Å². The molecule has 7 nitrogen and oxygen atoms in total. The highest BCUT2D eigenvalue weighted by molar-refractivity contribution is 5.44. The fraction of sp³-hybridized carbons (Fsp3) is 0.500. The molecular weight excluding hydrogens is 220 g/mol. The van der Waals surface area contributed by atoms with Gasteiger partial charge in [-0.1, -0.05) is 5.16 Å². The van der Waals surface area contributed by atoms with E-state index < -0.39 is 0 Å². The summed E-state index contributed by atoms with van der Waals surface area (Å²) >= 11 is 0. The minimum absolute atomic E-state index is 0.258. The van der Waals surface area contributed by atoms with Crippen molar-refractivity contribution in [2.45, 2.75) is 6.04 Å². The Hall–Kier alpha value is -1.73. The third-order valence-corrected chi connectivity index (χ3v) is 2.27. The molecule has 0 bridgehead atoms. The van der Waals surface area contributed by atoms with Gasteiger partial charge in [-0.15, -0.1) is 0 Å². The summed E-state index contributed by atoms with van der Waals surface area (Å²) in [6.45, 7) is 0.668. The smallest absolute Gasteiger partial charge is 0.278 e. The molecular formula is C10H16N6O. The van der Waals surface area contributed by atoms with E-state index in [-0.39, 0.29) is 6.04 Å². The van der Waals surface area contributed by atoms with E-state index in [1.807, 2.05) is 38.3 Å². The van der Waals surface area contributed by atoms with Gasteiger partial charge in [0.15, 0.2) is 11.5 Å². The van der Waals surface area contributed by atoms with Crippen LogP contribution in [0.5, 0.6) is 0 Å². The zero-order valence-electron chi connectivity index (χ0n) is 10.2. The van der Waals surface area contributed by atoms with Gasteiger partial charge in [0, 0.05) is 19.8 Å². The molecule has 92 valence electrons. The SMILES string of the molecule is CN(C)CC(N)c1noc(-c2ccn(C)n2)n1. The second kappa shape index (κ2) is 4.64. The predicted molar refractivity (Wildman–Crippen MR) is 62.0 cm³/mol. The molecule has 0 saturated carbocycles. The molecule has 1 unspecified atom stereocenters. The molecule has 2 rings (SSSR count). The van der Waals surface area contributed by atoms with Gasteiger partial charge in [-0.05, 0) is 20.2 Å². The second-order valence-electron chi connectivity index (χ2n) is 4.20. The van der Waals surface area contributed by atoms with Crippen molar-refractivity contribution in [2.24, 2.45) is 12.8 Å². The normalized spacial score (nSPS) is 13.2. The van der Waals surface area contributed by atoms with Crippen molar-refractivity contribution in [3.05, 3.63) is 18.1 Å². The summed E-state index contributed by atoms with van der Waals surface area (Å²) < 4.78 is 6.81. The van der Waals surface area contributed by atoms with Gasteiger partial charge < -0.3 is 15.2 Å². The molecule has 1 atom stereocenters. The van der Waals surface area contributed by atoms with E-state index >= 15 is 0 Å². The topological polar surface area (TPSA) is 86.0 Å². The van der Waals surface area contributed by atoms with Gasteiger partial charge in [-0.2, -0.15) is 10.1 Å². The van der Waals surface area contributed by atoms with Crippen LogP contribution in [-0.4, -0.2) is 45.5 Å². The molecule has 7 heteroatoms. The van der Waals surface area contributed by atoms with Crippen molar-refractivity contribution in [1.82, 2.24) is 24.8 Å².